The third kappa shape index (κ3) is 4.53. The zero-order valence-corrected chi connectivity index (χ0v) is 15.1. The largest absolute Gasteiger partial charge is 0.376 e. The first-order chi connectivity index (χ1) is 12.0. The fraction of sp³-hybridized carbons (Fsp3) is 0.400. The summed E-state index contributed by atoms with van der Waals surface area (Å²) in [6.07, 6.45) is 2.30. The molecule has 0 amide bonds. The molecule has 0 spiro atoms. The summed E-state index contributed by atoms with van der Waals surface area (Å²) in [5, 5.41) is 23.2. The lowest BCUT2D eigenvalue weighted by atomic mass is 10.1. The van der Waals surface area contributed by atoms with E-state index in [4.69, 9.17) is 4.74 Å². The summed E-state index contributed by atoms with van der Waals surface area (Å²) in [6.45, 7) is 2.85. The molecule has 132 valence electrons. The van der Waals surface area contributed by atoms with Gasteiger partial charge < -0.3 is 10.1 Å². The molecule has 0 radical (unpaired) electrons. The number of nitrogens with zero attached hydrogens (tertiary/aromatic N) is 3. The van der Waals surface area contributed by atoms with Gasteiger partial charge in [0.2, 0.25) is 5.13 Å². The van der Waals surface area contributed by atoms with Gasteiger partial charge in [-0.2, -0.15) is 0 Å². The molecular weight excluding hydrogens is 364 g/mol. The second-order valence-electron chi connectivity index (χ2n) is 5.49. The van der Waals surface area contributed by atoms with Crippen molar-refractivity contribution in [1.29, 1.82) is 0 Å². The normalized spacial score (nSPS) is 16.8. The summed E-state index contributed by atoms with van der Waals surface area (Å²) in [7, 11) is 0. The van der Waals surface area contributed by atoms with Gasteiger partial charge in [0.05, 0.1) is 15.9 Å². The number of anilines is 1. The Labute approximate surface area is 152 Å². The predicted octanol–water partition coefficient (Wildman–Crippen LogP) is 3.39. The van der Waals surface area contributed by atoms with Crippen LogP contribution in [0.2, 0.25) is 0 Å². The van der Waals surface area contributed by atoms with E-state index < -0.39 is 4.92 Å². The number of hydrogen-bond donors (Lipinski definition) is 1. The van der Waals surface area contributed by atoms with Crippen molar-refractivity contribution < 1.29 is 14.5 Å². The lowest BCUT2D eigenvalue weighted by molar-refractivity contribution is -0.387. The Hall–Kier alpha value is -2.04. The summed E-state index contributed by atoms with van der Waals surface area (Å²) >= 11 is 2.49. The zero-order chi connectivity index (χ0) is 17.8. The summed E-state index contributed by atoms with van der Waals surface area (Å²) < 4.78 is 6.13. The minimum absolute atomic E-state index is 0.109. The number of rotatable bonds is 7. The highest BCUT2D eigenvalue weighted by atomic mass is 32.2. The molecule has 1 N–H and O–H groups in total. The molecule has 1 atom stereocenters. The second kappa shape index (κ2) is 7.89. The van der Waals surface area contributed by atoms with E-state index in [1.165, 1.54) is 24.3 Å². The van der Waals surface area contributed by atoms with Crippen molar-refractivity contribution in [3.63, 3.8) is 0 Å². The first-order valence-electron chi connectivity index (χ1n) is 7.69. The maximum absolute atomic E-state index is 11.4. The van der Waals surface area contributed by atoms with Crippen LogP contribution >= 0.6 is 23.1 Å². The lowest BCUT2D eigenvalue weighted by Gasteiger charge is -2.08. The number of carbonyl (C=O) groups excluding carboxylic acids is 1. The molecule has 0 aliphatic carbocycles. The number of ketones is 1. The number of nitro groups is 1. The van der Waals surface area contributed by atoms with Gasteiger partial charge in [-0.1, -0.05) is 11.3 Å². The molecule has 1 aromatic carbocycles. The molecular formula is C15H16N4O4S2. The molecule has 25 heavy (non-hydrogen) atoms. The van der Waals surface area contributed by atoms with Crippen molar-refractivity contribution in [2.75, 3.05) is 18.5 Å². The zero-order valence-electron chi connectivity index (χ0n) is 13.4. The molecule has 1 aromatic heterocycles. The van der Waals surface area contributed by atoms with Gasteiger partial charge in [0, 0.05) is 24.8 Å². The summed E-state index contributed by atoms with van der Waals surface area (Å²) in [5.41, 5.74) is 0.203. The van der Waals surface area contributed by atoms with E-state index in [0.29, 0.717) is 26.5 Å². The van der Waals surface area contributed by atoms with Crippen molar-refractivity contribution in [3.8, 4) is 0 Å². The van der Waals surface area contributed by atoms with Gasteiger partial charge in [0.15, 0.2) is 10.1 Å². The van der Waals surface area contributed by atoms with Gasteiger partial charge in [0.25, 0.3) is 5.69 Å². The van der Waals surface area contributed by atoms with Crippen LogP contribution in [0.4, 0.5) is 10.8 Å². The molecule has 1 fully saturated rings. The van der Waals surface area contributed by atoms with Crippen molar-refractivity contribution >= 4 is 39.7 Å². The third-order valence-electron chi connectivity index (χ3n) is 3.67. The Balaban J connectivity index is 1.69. The Morgan fingerprint density at radius 3 is 3.04 bits per heavy atom. The van der Waals surface area contributed by atoms with Gasteiger partial charge in [-0.25, -0.2) is 0 Å². The monoisotopic (exact) mass is 380 g/mol. The molecule has 1 aliphatic rings. The van der Waals surface area contributed by atoms with Crippen LogP contribution in [0.1, 0.15) is 30.1 Å². The minimum Gasteiger partial charge on any atom is -0.376 e. The smallest absolute Gasteiger partial charge is 0.284 e. The van der Waals surface area contributed by atoms with Crippen LogP contribution in [-0.4, -0.2) is 40.2 Å². The average Bonchev–Trinajstić information content (AvgIpc) is 3.24. The molecule has 0 unspecified atom stereocenters. The van der Waals surface area contributed by atoms with Gasteiger partial charge in [0.1, 0.15) is 0 Å². The quantitative estimate of drug-likeness (QED) is 0.442. The highest BCUT2D eigenvalue weighted by Crippen LogP contribution is 2.37. The average molecular weight is 380 g/mol. The number of nitrogens with one attached hydrogen (secondary N) is 1. The van der Waals surface area contributed by atoms with E-state index in [9.17, 15) is 14.9 Å². The van der Waals surface area contributed by atoms with Crippen molar-refractivity contribution in [2.45, 2.75) is 35.1 Å². The third-order valence-corrected chi connectivity index (χ3v) is 5.67. The number of ether oxygens (including phenoxy) is 1. The fourth-order valence-corrected chi connectivity index (χ4v) is 4.19. The van der Waals surface area contributed by atoms with E-state index in [1.807, 2.05) is 0 Å². The van der Waals surface area contributed by atoms with Gasteiger partial charge in [-0.05, 0) is 43.7 Å². The van der Waals surface area contributed by atoms with Crippen LogP contribution in [0.3, 0.4) is 0 Å². The minimum atomic E-state index is -0.494. The number of aromatic nitrogens is 2. The Morgan fingerprint density at radius 1 is 1.52 bits per heavy atom. The van der Waals surface area contributed by atoms with E-state index in [0.717, 1.165) is 31.2 Å². The molecule has 2 heterocycles. The van der Waals surface area contributed by atoms with Crippen molar-refractivity contribution in [1.82, 2.24) is 10.2 Å². The summed E-state index contributed by atoms with van der Waals surface area (Å²) in [5.74, 6) is -0.212. The van der Waals surface area contributed by atoms with E-state index >= 15 is 0 Å². The van der Waals surface area contributed by atoms with Crippen LogP contribution in [0.25, 0.3) is 0 Å². The number of benzene rings is 1. The van der Waals surface area contributed by atoms with Gasteiger partial charge in [-0.3, -0.25) is 14.9 Å². The van der Waals surface area contributed by atoms with Crippen LogP contribution in [0.15, 0.2) is 27.4 Å². The topological polar surface area (TPSA) is 107 Å². The van der Waals surface area contributed by atoms with Gasteiger partial charge >= 0.3 is 0 Å². The Kier molecular flexibility index (Phi) is 5.61. The molecule has 3 rings (SSSR count). The predicted molar refractivity (Wildman–Crippen MR) is 94.6 cm³/mol. The number of hydrogen-bond acceptors (Lipinski definition) is 9. The highest BCUT2D eigenvalue weighted by Gasteiger charge is 2.20. The van der Waals surface area contributed by atoms with E-state index in [-0.39, 0.29) is 17.6 Å². The fourth-order valence-electron chi connectivity index (χ4n) is 2.39. The molecule has 0 saturated carbocycles. The summed E-state index contributed by atoms with van der Waals surface area (Å²) in [4.78, 5) is 22.6. The molecule has 1 aliphatic heterocycles. The molecule has 1 saturated heterocycles. The Morgan fingerprint density at radius 2 is 2.36 bits per heavy atom. The van der Waals surface area contributed by atoms with E-state index in [1.54, 1.807) is 12.1 Å². The Bertz CT molecular complexity index is 790. The standard InChI is InChI=1S/C15H16N4O4S2/c1-9(20)10-4-5-13(12(7-10)19(21)22)24-15-18-17-14(25-15)16-8-11-3-2-6-23-11/h4-5,7,11H,2-3,6,8H2,1H3,(H,16,17)/t11-/m0/s1. The van der Waals surface area contributed by atoms with Crippen LogP contribution in [0.5, 0.6) is 0 Å². The van der Waals surface area contributed by atoms with Crippen LogP contribution in [-0.2, 0) is 4.74 Å². The SMILES string of the molecule is CC(=O)c1ccc(Sc2nnc(NC[C@@H]3CCCO3)s2)c([N+](=O)[O-])c1. The first kappa shape index (κ1) is 17.8. The lowest BCUT2D eigenvalue weighted by Crippen LogP contribution is -2.18. The molecule has 0 bridgehead atoms. The van der Waals surface area contributed by atoms with Crippen LogP contribution < -0.4 is 5.32 Å². The number of nitro benzene ring substituents is 1. The van der Waals surface area contributed by atoms with Crippen molar-refractivity contribution in [3.05, 3.63) is 33.9 Å². The molecule has 2 aromatic rings. The first-order valence-corrected chi connectivity index (χ1v) is 9.32. The number of carbonyl (C=O) groups is 1. The number of Topliss-reactive ketones (excluding diaryl/α,β-unsaturated/α-hetero) is 1. The van der Waals surface area contributed by atoms with E-state index in [2.05, 4.69) is 15.5 Å². The molecule has 8 nitrogen and oxygen atoms in total. The second-order valence-corrected chi connectivity index (χ2v) is 7.75. The molecule has 10 heteroatoms. The summed E-state index contributed by atoms with van der Waals surface area (Å²) in [6, 6.07) is 4.44. The maximum Gasteiger partial charge on any atom is 0.284 e. The van der Waals surface area contributed by atoms with Crippen LogP contribution in [0, 0.1) is 10.1 Å². The van der Waals surface area contributed by atoms with Gasteiger partial charge in [-0.15, -0.1) is 10.2 Å². The highest BCUT2D eigenvalue weighted by molar-refractivity contribution is 8.01. The van der Waals surface area contributed by atoms with Crippen molar-refractivity contribution in [2.24, 2.45) is 0 Å². The maximum atomic E-state index is 11.4.